The number of H-pyrrole nitrogens is 1. The molecule has 0 spiro atoms. The minimum absolute atomic E-state index is 0.0823. The van der Waals surface area contributed by atoms with Crippen molar-refractivity contribution in [1.29, 1.82) is 0 Å². The number of carbonyl (C=O) groups is 1. The first-order valence-electron chi connectivity index (χ1n) is 6.41. The largest absolute Gasteiger partial charge is 0.462 e. The average molecular weight is 253 g/mol. The Bertz CT molecular complexity index is 347. The van der Waals surface area contributed by atoms with Crippen LogP contribution in [-0.2, 0) is 16.1 Å². The van der Waals surface area contributed by atoms with E-state index >= 15 is 0 Å². The number of nitrogens with zero attached hydrogens (tertiary/aromatic N) is 1. The fraction of sp³-hybridized carbons (Fsp3) is 0.692. The Balaban J connectivity index is 2.51. The lowest BCUT2D eigenvalue weighted by atomic mass is 10.0. The summed E-state index contributed by atoms with van der Waals surface area (Å²) in [5, 5.41) is 9.95. The molecule has 5 heteroatoms. The molecule has 0 aliphatic rings. The normalized spacial score (nSPS) is 13.0. The highest BCUT2D eigenvalue weighted by Gasteiger charge is 2.21. The maximum Gasteiger partial charge on any atom is 0.323 e. The van der Waals surface area contributed by atoms with Crippen LogP contribution in [0.5, 0.6) is 0 Å². The summed E-state index contributed by atoms with van der Waals surface area (Å²) >= 11 is 0. The quantitative estimate of drug-likeness (QED) is 0.728. The van der Waals surface area contributed by atoms with E-state index in [4.69, 9.17) is 4.74 Å². The Hall–Kier alpha value is -1.36. The van der Waals surface area contributed by atoms with E-state index in [1.165, 1.54) is 0 Å². The van der Waals surface area contributed by atoms with Crippen LogP contribution in [-0.4, -0.2) is 28.3 Å². The fourth-order valence-electron chi connectivity index (χ4n) is 1.67. The average Bonchev–Trinajstić information content (AvgIpc) is 2.75. The number of hydrogen-bond donors (Lipinski definition) is 2. The topological polar surface area (TPSA) is 67.0 Å². The van der Waals surface area contributed by atoms with Crippen molar-refractivity contribution >= 4 is 5.97 Å². The molecule has 0 fully saturated rings. The first-order chi connectivity index (χ1) is 8.49. The Morgan fingerprint density at radius 1 is 1.44 bits per heavy atom. The van der Waals surface area contributed by atoms with E-state index in [2.05, 4.69) is 29.4 Å². The molecule has 0 aromatic carbocycles. The number of rotatable bonds is 7. The van der Waals surface area contributed by atoms with Gasteiger partial charge in [0.2, 0.25) is 0 Å². The molecule has 0 aliphatic carbocycles. The van der Waals surface area contributed by atoms with Gasteiger partial charge in [0.05, 0.1) is 6.10 Å². The monoisotopic (exact) mass is 253 g/mol. The van der Waals surface area contributed by atoms with Gasteiger partial charge in [-0.05, 0) is 32.3 Å². The van der Waals surface area contributed by atoms with Gasteiger partial charge >= 0.3 is 5.97 Å². The molecule has 1 aromatic heterocycles. The molecule has 1 heterocycles. The van der Waals surface area contributed by atoms with Gasteiger partial charge in [-0.1, -0.05) is 13.8 Å². The minimum atomic E-state index is -0.268. The van der Waals surface area contributed by atoms with Crippen LogP contribution in [0.25, 0.3) is 0 Å². The Morgan fingerprint density at radius 3 is 2.67 bits per heavy atom. The van der Waals surface area contributed by atoms with Gasteiger partial charge in [0, 0.05) is 18.4 Å². The molecular formula is C13H23N3O2. The maximum absolute atomic E-state index is 11.9. The van der Waals surface area contributed by atoms with Crippen molar-refractivity contribution in [3.8, 4) is 0 Å². The summed E-state index contributed by atoms with van der Waals surface area (Å²) in [6, 6.07) is 1.61. The summed E-state index contributed by atoms with van der Waals surface area (Å²) in [7, 11) is 0. The van der Waals surface area contributed by atoms with Crippen molar-refractivity contribution in [3.63, 3.8) is 0 Å². The lowest BCUT2D eigenvalue weighted by Crippen LogP contribution is -2.39. The SMILES string of the molecule is CC(C)C[C@H](NCc1ccn[nH]1)C(=O)OC(C)C. The fourth-order valence-corrected chi connectivity index (χ4v) is 1.67. The number of aromatic amines is 1. The van der Waals surface area contributed by atoms with Gasteiger partial charge in [-0.25, -0.2) is 0 Å². The molecule has 0 aliphatic heterocycles. The van der Waals surface area contributed by atoms with Crippen molar-refractivity contribution in [3.05, 3.63) is 18.0 Å². The van der Waals surface area contributed by atoms with Crippen LogP contribution in [0.2, 0.25) is 0 Å². The van der Waals surface area contributed by atoms with Crippen LogP contribution in [0.3, 0.4) is 0 Å². The molecule has 2 N–H and O–H groups in total. The first-order valence-corrected chi connectivity index (χ1v) is 6.41. The number of esters is 1. The van der Waals surface area contributed by atoms with Crippen LogP contribution in [0.15, 0.2) is 12.3 Å². The van der Waals surface area contributed by atoms with Gasteiger partial charge in [0.15, 0.2) is 0 Å². The Morgan fingerprint density at radius 2 is 2.17 bits per heavy atom. The molecule has 1 atom stereocenters. The van der Waals surface area contributed by atoms with Gasteiger partial charge in [-0.2, -0.15) is 5.10 Å². The van der Waals surface area contributed by atoms with E-state index < -0.39 is 0 Å². The van der Waals surface area contributed by atoms with Crippen molar-refractivity contribution in [2.24, 2.45) is 5.92 Å². The van der Waals surface area contributed by atoms with E-state index in [1.54, 1.807) is 6.20 Å². The summed E-state index contributed by atoms with van der Waals surface area (Å²) in [6.07, 6.45) is 2.38. The molecular weight excluding hydrogens is 230 g/mol. The number of hydrogen-bond acceptors (Lipinski definition) is 4. The van der Waals surface area contributed by atoms with Gasteiger partial charge in [0.25, 0.3) is 0 Å². The first kappa shape index (κ1) is 14.7. The predicted molar refractivity (Wildman–Crippen MR) is 69.9 cm³/mol. The van der Waals surface area contributed by atoms with Crippen LogP contribution in [0.1, 0.15) is 39.8 Å². The van der Waals surface area contributed by atoms with Gasteiger partial charge in [0.1, 0.15) is 6.04 Å². The van der Waals surface area contributed by atoms with E-state index in [0.29, 0.717) is 12.5 Å². The van der Waals surface area contributed by atoms with Gasteiger partial charge in [-0.3, -0.25) is 15.2 Å². The highest BCUT2D eigenvalue weighted by molar-refractivity contribution is 5.75. The Kier molecular flexibility index (Phi) is 5.85. The molecule has 0 amide bonds. The van der Waals surface area contributed by atoms with Crippen molar-refractivity contribution in [1.82, 2.24) is 15.5 Å². The molecule has 5 nitrogen and oxygen atoms in total. The van der Waals surface area contributed by atoms with Crippen LogP contribution in [0, 0.1) is 5.92 Å². The minimum Gasteiger partial charge on any atom is -0.462 e. The molecule has 0 unspecified atom stereocenters. The summed E-state index contributed by atoms with van der Waals surface area (Å²) in [6.45, 7) is 8.49. The van der Waals surface area contributed by atoms with Gasteiger partial charge < -0.3 is 4.74 Å². The molecule has 0 saturated heterocycles. The standard InChI is InChI=1S/C13H23N3O2/c1-9(2)7-12(13(17)18-10(3)4)14-8-11-5-6-15-16-11/h5-6,9-10,12,14H,7-8H2,1-4H3,(H,15,16)/t12-/m0/s1. The van der Waals surface area contributed by atoms with Crippen LogP contribution in [0.4, 0.5) is 0 Å². The highest BCUT2D eigenvalue weighted by Crippen LogP contribution is 2.08. The molecule has 0 saturated carbocycles. The second-order valence-electron chi connectivity index (χ2n) is 5.13. The van der Waals surface area contributed by atoms with Crippen LogP contribution >= 0.6 is 0 Å². The Labute approximate surface area is 108 Å². The number of nitrogens with one attached hydrogen (secondary N) is 2. The molecule has 1 aromatic rings. The van der Waals surface area contributed by atoms with Crippen LogP contribution < -0.4 is 5.32 Å². The van der Waals surface area contributed by atoms with E-state index in [1.807, 2.05) is 19.9 Å². The molecule has 1 rings (SSSR count). The lowest BCUT2D eigenvalue weighted by Gasteiger charge is -2.20. The van der Waals surface area contributed by atoms with E-state index in [0.717, 1.165) is 12.1 Å². The van der Waals surface area contributed by atoms with E-state index in [9.17, 15) is 4.79 Å². The van der Waals surface area contributed by atoms with E-state index in [-0.39, 0.29) is 18.1 Å². The predicted octanol–water partition coefficient (Wildman–Crippen LogP) is 1.87. The lowest BCUT2D eigenvalue weighted by molar-refractivity contribution is -0.150. The smallest absolute Gasteiger partial charge is 0.323 e. The second kappa shape index (κ2) is 7.16. The second-order valence-corrected chi connectivity index (χ2v) is 5.13. The third-order valence-corrected chi connectivity index (χ3v) is 2.44. The summed E-state index contributed by atoms with van der Waals surface area (Å²) in [5.41, 5.74) is 0.959. The zero-order valence-electron chi connectivity index (χ0n) is 11.6. The number of aromatic nitrogens is 2. The molecule has 18 heavy (non-hydrogen) atoms. The summed E-state index contributed by atoms with van der Waals surface area (Å²) < 4.78 is 5.26. The summed E-state index contributed by atoms with van der Waals surface area (Å²) in [4.78, 5) is 11.9. The zero-order valence-corrected chi connectivity index (χ0v) is 11.6. The number of ether oxygens (including phenoxy) is 1. The molecule has 102 valence electrons. The van der Waals surface area contributed by atoms with Crippen molar-refractivity contribution < 1.29 is 9.53 Å². The third kappa shape index (κ3) is 5.31. The van der Waals surface area contributed by atoms with Gasteiger partial charge in [-0.15, -0.1) is 0 Å². The number of carbonyl (C=O) groups excluding carboxylic acids is 1. The molecule has 0 radical (unpaired) electrons. The van der Waals surface area contributed by atoms with Crippen molar-refractivity contribution in [2.45, 2.75) is 52.8 Å². The highest BCUT2D eigenvalue weighted by atomic mass is 16.5. The molecule has 0 bridgehead atoms. The van der Waals surface area contributed by atoms with Crippen molar-refractivity contribution in [2.75, 3.05) is 0 Å². The summed E-state index contributed by atoms with van der Waals surface area (Å²) in [5.74, 6) is 0.252. The zero-order chi connectivity index (χ0) is 13.5. The third-order valence-electron chi connectivity index (χ3n) is 2.44. The maximum atomic E-state index is 11.9.